The Bertz CT molecular complexity index is 663. The summed E-state index contributed by atoms with van der Waals surface area (Å²) in [5, 5.41) is 19.9. The maximum atomic E-state index is 10.4. The normalized spacial score (nSPS) is 17.9. The van der Waals surface area contributed by atoms with Crippen molar-refractivity contribution in [2.24, 2.45) is 5.92 Å². The van der Waals surface area contributed by atoms with E-state index in [1.807, 2.05) is 12.1 Å². The van der Waals surface area contributed by atoms with E-state index < -0.39 is 12.0 Å². The lowest BCUT2D eigenvalue weighted by atomic mass is 9.99. The van der Waals surface area contributed by atoms with Crippen molar-refractivity contribution < 1.29 is 5.11 Å². The van der Waals surface area contributed by atoms with Crippen molar-refractivity contribution in [2.45, 2.75) is 6.10 Å². The predicted molar refractivity (Wildman–Crippen MR) is 93.4 cm³/mol. The van der Waals surface area contributed by atoms with Crippen molar-refractivity contribution in [3.05, 3.63) is 60.4 Å². The molecule has 1 N–H and O–H groups in total. The Morgan fingerprint density at radius 3 is 2.38 bits per heavy atom. The third-order valence-corrected chi connectivity index (χ3v) is 4.49. The van der Waals surface area contributed by atoms with Crippen molar-refractivity contribution in [2.75, 3.05) is 37.6 Å². The second-order valence-corrected chi connectivity index (χ2v) is 6.06. The van der Waals surface area contributed by atoms with Gasteiger partial charge in [-0.25, -0.2) is 0 Å². The Morgan fingerprint density at radius 1 is 1.04 bits per heavy atom. The third-order valence-electron chi connectivity index (χ3n) is 4.49. The van der Waals surface area contributed by atoms with Gasteiger partial charge in [0.1, 0.15) is 6.10 Å². The van der Waals surface area contributed by atoms with E-state index in [2.05, 4.69) is 45.1 Å². The Balaban J connectivity index is 1.56. The monoisotopic (exact) mass is 322 g/mol. The predicted octanol–water partition coefficient (Wildman–Crippen LogP) is 2.08. The van der Waals surface area contributed by atoms with E-state index in [9.17, 15) is 10.4 Å². The van der Waals surface area contributed by atoms with E-state index in [4.69, 9.17) is 0 Å². The minimum Gasteiger partial charge on any atom is -0.385 e. The largest absolute Gasteiger partial charge is 0.385 e. The number of para-hydroxylation sites is 1. The Labute approximate surface area is 142 Å². The summed E-state index contributed by atoms with van der Waals surface area (Å²) in [7, 11) is 0. The van der Waals surface area contributed by atoms with Crippen LogP contribution in [0.5, 0.6) is 0 Å². The van der Waals surface area contributed by atoms with Crippen molar-refractivity contribution in [1.29, 1.82) is 5.26 Å². The van der Waals surface area contributed by atoms with Gasteiger partial charge < -0.3 is 10.0 Å². The topological polar surface area (TPSA) is 63.4 Å². The van der Waals surface area contributed by atoms with E-state index in [0.29, 0.717) is 12.2 Å². The van der Waals surface area contributed by atoms with Crippen LogP contribution >= 0.6 is 0 Å². The molecule has 5 heteroatoms. The first kappa shape index (κ1) is 16.4. The quantitative estimate of drug-likeness (QED) is 0.913. The molecule has 0 amide bonds. The van der Waals surface area contributed by atoms with E-state index in [1.165, 1.54) is 5.69 Å². The molecule has 1 aliphatic rings. The maximum Gasteiger partial charge on any atom is 0.113 e. The molecule has 124 valence electrons. The second-order valence-electron chi connectivity index (χ2n) is 6.06. The van der Waals surface area contributed by atoms with Gasteiger partial charge in [-0.2, -0.15) is 5.26 Å². The van der Waals surface area contributed by atoms with Gasteiger partial charge >= 0.3 is 0 Å². The highest BCUT2D eigenvalue weighted by Crippen LogP contribution is 2.22. The third kappa shape index (κ3) is 3.91. The molecule has 2 atom stereocenters. The van der Waals surface area contributed by atoms with Gasteiger partial charge in [0.15, 0.2) is 0 Å². The lowest BCUT2D eigenvalue weighted by molar-refractivity contribution is 0.100. The van der Waals surface area contributed by atoms with Crippen molar-refractivity contribution in [1.82, 2.24) is 9.88 Å². The van der Waals surface area contributed by atoms with Crippen LogP contribution in [0, 0.1) is 17.2 Å². The van der Waals surface area contributed by atoms with Gasteiger partial charge in [0, 0.05) is 44.6 Å². The van der Waals surface area contributed by atoms with Crippen molar-refractivity contribution >= 4 is 5.69 Å². The first-order chi connectivity index (χ1) is 11.8. The number of aromatic nitrogens is 1. The fraction of sp³-hybridized carbons (Fsp3) is 0.368. The highest BCUT2D eigenvalue weighted by molar-refractivity contribution is 5.46. The second kappa shape index (κ2) is 7.91. The molecule has 1 aromatic heterocycles. The highest BCUT2D eigenvalue weighted by Gasteiger charge is 2.26. The number of anilines is 1. The SMILES string of the molecule is N#C[C@@H](CN1CCN(c2ccccc2)CC1)[C@@H](O)c1ccccn1. The van der Waals surface area contributed by atoms with Crippen LogP contribution in [0.4, 0.5) is 5.69 Å². The lowest BCUT2D eigenvalue weighted by Gasteiger charge is -2.37. The molecule has 0 saturated carbocycles. The number of pyridine rings is 1. The number of nitrogens with zero attached hydrogens (tertiary/aromatic N) is 4. The number of hydrogen-bond acceptors (Lipinski definition) is 5. The molecular formula is C19H22N4O. The van der Waals surface area contributed by atoms with Gasteiger partial charge in [0.05, 0.1) is 17.7 Å². The average Bonchev–Trinajstić information content (AvgIpc) is 2.67. The van der Waals surface area contributed by atoms with Gasteiger partial charge in [-0.1, -0.05) is 24.3 Å². The fourth-order valence-electron chi connectivity index (χ4n) is 3.07. The number of aliphatic hydroxyl groups excluding tert-OH is 1. The maximum absolute atomic E-state index is 10.4. The zero-order valence-corrected chi connectivity index (χ0v) is 13.6. The molecule has 1 fully saturated rings. The number of aliphatic hydroxyl groups is 1. The van der Waals surface area contributed by atoms with E-state index in [1.54, 1.807) is 18.3 Å². The molecule has 2 heterocycles. The number of benzene rings is 1. The van der Waals surface area contributed by atoms with Crippen LogP contribution in [-0.2, 0) is 0 Å². The van der Waals surface area contributed by atoms with Crippen LogP contribution in [0.25, 0.3) is 0 Å². The number of nitriles is 1. The van der Waals surface area contributed by atoms with Gasteiger partial charge in [-0.15, -0.1) is 0 Å². The first-order valence-corrected chi connectivity index (χ1v) is 8.29. The Morgan fingerprint density at radius 2 is 1.75 bits per heavy atom. The average molecular weight is 322 g/mol. The number of rotatable bonds is 5. The smallest absolute Gasteiger partial charge is 0.113 e. The molecular weight excluding hydrogens is 300 g/mol. The standard InChI is InChI=1S/C19H22N4O/c20-14-16(19(24)18-8-4-5-9-21-18)15-22-10-12-23(13-11-22)17-6-2-1-3-7-17/h1-9,16,19,24H,10-13,15H2/t16-,19+/m0/s1. The summed E-state index contributed by atoms with van der Waals surface area (Å²) in [5.74, 6) is -0.469. The van der Waals surface area contributed by atoms with Gasteiger partial charge in [0.2, 0.25) is 0 Å². The molecule has 2 aromatic rings. The minimum absolute atomic E-state index is 0.469. The van der Waals surface area contributed by atoms with Crippen LogP contribution in [0.1, 0.15) is 11.8 Å². The van der Waals surface area contributed by atoms with E-state index in [0.717, 1.165) is 26.2 Å². The molecule has 1 aromatic carbocycles. The summed E-state index contributed by atoms with van der Waals surface area (Å²) in [6.07, 6.45) is 0.800. The Kier molecular flexibility index (Phi) is 5.42. The summed E-state index contributed by atoms with van der Waals surface area (Å²) in [6.45, 7) is 4.21. The van der Waals surface area contributed by atoms with E-state index >= 15 is 0 Å². The van der Waals surface area contributed by atoms with E-state index in [-0.39, 0.29) is 0 Å². The summed E-state index contributed by atoms with van der Waals surface area (Å²) in [4.78, 5) is 8.77. The molecule has 0 spiro atoms. The zero-order chi connectivity index (χ0) is 16.8. The first-order valence-electron chi connectivity index (χ1n) is 8.29. The van der Waals surface area contributed by atoms with Crippen LogP contribution in [0.15, 0.2) is 54.7 Å². The summed E-state index contributed by atoms with van der Waals surface area (Å²) >= 11 is 0. The molecule has 0 unspecified atom stereocenters. The van der Waals surface area contributed by atoms with Gasteiger partial charge in [-0.3, -0.25) is 9.88 Å². The molecule has 1 saturated heterocycles. The number of hydrogen-bond donors (Lipinski definition) is 1. The molecule has 0 bridgehead atoms. The summed E-state index contributed by atoms with van der Waals surface area (Å²) < 4.78 is 0. The minimum atomic E-state index is -0.844. The molecule has 0 aliphatic carbocycles. The lowest BCUT2D eigenvalue weighted by Crippen LogP contribution is -2.48. The summed E-state index contributed by atoms with van der Waals surface area (Å²) in [5.41, 5.74) is 1.80. The molecule has 24 heavy (non-hydrogen) atoms. The van der Waals surface area contributed by atoms with Gasteiger partial charge in [-0.05, 0) is 24.3 Å². The van der Waals surface area contributed by atoms with Crippen LogP contribution in [0.3, 0.4) is 0 Å². The summed E-state index contributed by atoms with van der Waals surface area (Å²) in [6, 6.07) is 18.0. The fourth-order valence-corrected chi connectivity index (χ4v) is 3.07. The molecule has 5 nitrogen and oxygen atoms in total. The van der Waals surface area contributed by atoms with Crippen molar-refractivity contribution in [3.8, 4) is 6.07 Å². The molecule has 3 rings (SSSR count). The van der Waals surface area contributed by atoms with Crippen molar-refractivity contribution in [3.63, 3.8) is 0 Å². The van der Waals surface area contributed by atoms with Crippen LogP contribution < -0.4 is 4.90 Å². The van der Waals surface area contributed by atoms with Crippen LogP contribution in [-0.4, -0.2) is 47.7 Å². The molecule has 0 radical (unpaired) electrons. The zero-order valence-electron chi connectivity index (χ0n) is 13.6. The van der Waals surface area contributed by atoms with Crippen LogP contribution in [0.2, 0.25) is 0 Å². The molecule has 1 aliphatic heterocycles. The van der Waals surface area contributed by atoms with Gasteiger partial charge in [0.25, 0.3) is 0 Å². The number of piperazine rings is 1. The highest BCUT2D eigenvalue weighted by atomic mass is 16.3. The Hall–Kier alpha value is -2.42.